The maximum atomic E-state index is 11.5. The third-order valence-corrected chi connectivity index (χ3v) is 4.44. The van der Waals surface area contributed by atoms with E-state index in [0.717, 1.165) is 0 Å². The highest BCUT2D eigenvalue weighted by atomic mass is 16.4. The number of phenols is 1. The first-order valence-electron chi connectivity index (χ1n) is 8.68. The minimum atomic E-state index is -1.40. The van der Waals surface area contributed by atoms with Crippen molar-refractivity contribution < 1.29 is 30.2 Å². The predicted molar refractivity (Wildman–Crippen MR) is 98.6 cm³/mol. The van der Waals surface area contributed by atoms with Gasteiger partial charge >= 0.3 is 13.1 Å². The van der Waals surface area contributed by atoms with Crippen LogP contribution in [-0.4, -0.2) is 69.0 Å². The van der Waals surface area contributed by atoms with Crippen molar-refractivity contribution in [2.75, 3.05) is 20.1 Å². The van der Waals surface area contributed by atoms with E-state index in [1.54, 1.807) is 24.1 Å². The van der Waals surface area contributed by atoms with Crippen molar-refractivity contribution in [1.29, 1.82) is 0 Å². The summed E-state index contributed by atoms with van der Waals surface area (Å²) in [6, 6.07) is 6.36. The number of carboxylic acids is 1. The largest absolute Gasteiger partial charge is 0.508 e. The zero-order valence-electron chi connectivity index (χ0n) is 15.1. The molecule has 26 heavy (non-hydrogen) atoms. The van der Waals surface area contributed by atoms with Crippen LogP contribution in [0.5, 0.6) is 5.75 Å². The molecule has 0 aromatic heterocycles. The molecule has 0 aliphatic rings. The minimum Gasteiger partial charge on any atom is -0.508 e. The molecule has 8 nitrogen and oxygen atoms in total. The van der Waals surface area contributed by atoms with Crippen LogP contribution >= 0.6 is 0 Å². The van der Waals surface area contributed by atoms with Gasteiger partial charge in [-0.25, -0.2) is 0 Å². The molecule has 0 bridgehead atoms. The number of hydrogen-bond donors (Lipinski definition) is 6. The fourth-order valence-corrected chi connectivity index (χ4v) is 2.72. The molecular weight excluding hydrogens is 339 g/mol. The summed E-state index contributed by atoms with van der Waals surface area (Å²) in [6.45, 7) is 0.650. The van der Waals surface area contributed by atoms with Crippen molar-refractivity contribution >= 4 is 13.1 Å². The monoisotopic (exact) mass is 368 g/mol. The van der Waals surface area contributed by atoms with Crippen molar-refractivity contribution in [1.82, 2.24) is 4.90 Å². The minimum absolute atomic E-state index is 0.0732. The van der Waals surface area contributed by atoms with Gasteiger partial charge < -0.3 is 36.0 Å². The standard InChI is InChI=1S/C17H29BN2O6/c1-20(12-15(22)13-5-4-6-14(21)11-13)10-8-17(19,16(23)24)7-2-3-9-18(25)26/h4-6,11,15,21-22,25-26H,2-3,7-10,12,19H2,1H3,(H,23,24). The van der Waals surface area contributed by atoms with Crippen molar-refractivity contribution in [3.05, 3.63) is 29.8 Å². The van der Waals surface area contributed by atoms with Gasteiger partial charge in [0, 0.05) is 13.1 Å². The van der Waals surface area contributed by atoms with Crippen LogP contribution in [0, 0.1) is 0 Å². The number of carbonyl (C=O) groups is 1. The zero-order chi connectivity index (χ0) is 19.7. The second-order valence-corrected chi connectivity index (χ2v) is 6.81. The molecule has 146 valence electrons. The summed E-state index contributed by atoms with van der Waals surface area (Å²) in [6.07, 6.45) is 0.776. The Hall–Kier alpha value is -1.65. The van der Waals surface area contributed by atoms with Crippen molar-refractivity contribution in [2.24, 2.45) is 5.73 Å². The van der Waals surface area contributed by atoms with E-state index >= 15 is 0 Å². The molecule has 0 saturated carbocycles. The van der Waals surface area contributed by atoms with E-state index in [-0.39, 0.29) is 31.5 Å². The second kappa shape index (κ2) is 10.5. The number of phenolic OH excluding ortho intramolecular Hbond substituents is 1. The lowest BCUT2D eigenvalue weighted by molar-refractivity contribution is -0.144. The molecule has 0 fully saturated rings. The summed E-state index contributed by atoms with van der Waals surface area (Å²) < 4.78 is 0. The maximum Gasteiger partial charge on any atom is 0.451 e. The third-order valence-electron chi connectivity index (χ3n) is 4.44. The highest BCUT2D eigenvalue weighted by Crippen LogP contribution is 2.21. The van der Waals surface area contributed by atoms with Crippen LogP contribution in [0.15, 0.2) is 24.3 Å². The number of aliphatic carboxylic acids is 1. The summed E-state index contributed by atoms with van der Waals surface area (Å²) in [7, 11) is 0.369. The molecular formula is C17H29BN2O6. The van der Waals surface area contributed by atoms with Crippen LogP contribution < -0.4 is 5.73 Å². The van der Waals surface area contributed by atoms with Crippen LogP contribution in [0.2, 0.25) is 6.32 Å². The summed E-state index contributed by atoms with van der Waals surface area (Å²) >= 11 is 0. The van der Waals surface area contributed by atoms with E-state index in [0.29, 0.717) is 24.9 Å². The highest BCUT2D eigenvalue weighted by molar-refractivity contribution is 6.40. The lowest BCUT2D eigenvalue weighted by Gasteiger charge is -2.28. The molecule has 1 aromatic carbocycles. The summed E-state index contributed by atoms with van der Waals surface area (Å²) in [5.41, 5.74) is 5.20. The van der Waals surface area contributed by atoms with Gasteiger partial charge in [-0.3, -0.25) is 4.79 Å². The van der Waals surface area contributed by atoms with Gasteiger partial charge in [0.2, 0.25) is 0 Å². The molecule has 2 atom stereocenters. The van der Waals surface area contributed by atoms with Crippen molar-refractivity contribution in [2.45, 2.75) is 43.6 Å². The molecule has 9 heteroatoms. The number of nitrogens with zero attached hydrogens (tertiary/aromatic N) is 1. The number of aromatic hydroxyl groups is 1. The molecule has 1 rings (SSSR count). The lowest BCUT2D eigenvalue weighted by Crippen LogP contribution is -2.50. The number of hydrogen-bond acceptors (Lipinski definition) is 7. The van der Waals surface area contributed by atoms with Gasteiger partial charge in [0.05, 0.1) is 6.10 Å². The highest BCUT2D eigenvalue weighted by Gasteiger charge is 2.33. The second-order valence-electron chi connectivity index (χ2n) is 6.81. The number of benzene rings is 1. The van der Waals surface area contributed by atoms with Gasteiger partial charge in [0.25, 0.3) is 0 Å². The molecule has 0 radical (unpaired) electrons. The molecule has 0 saturated heterocycles. The Morgan fingerprint density at radius 3 is 2.58 bits per heavy atom. The lowest BCUT2D eigenvalue weighted by atomic mass is 9.81. The van der Waals surface area contributed by atoms with Gasteiger partial charge in [-0.2, -0.15) is 0 Å². The first-order chi connectivity index (χ1) is 12.1. The first kappa shape index (κ1) is 22.4. The van der Waals surface area contributed by atoms with E-state index in [9.17, 15) is 20.1 Å². The quantitative estimate of drug-likeness (QED) is 0.226. The number of nitrogens with two attached hydrogens (primary N) is 1. The molecule has 0 aliphatic carbocycles. The van der Waals surface area contributed by atoms with Gasteiger partial charge in [-0.05, 0) is 43.9 Å². The van der Waals surface area contributed by atoms with Crippen molar-refractivity contribution in [3.8, 4) is 5.75 Å². The zero-order valence-corrected chi connectivity index (χ0v) is 15.1. The molecule has 0 amide bonds. The number of aliphatic hydroxyl groups is 1. The van der Waals surface area contributed by atoms with Crippen molar-refractivity contribution in [3.63, 3.8) is 0 Å². The van der Waals surface area contributed by atoms with E-state index < -0.39 is 24.7 Å². The van der Waals surface area contributed by atoms with Crippen LogP contribution in [0.3, 0.4) is 0 Å². The molecule has 2 unspecified atom stereocenters. The molecule has 0 aliphatic heterocycles. The van der Waals surface area contributed by atoms with Crippen LogP contribution in [0.4, 0.5) is 0 Å². The number of aliphatic hydroxyl groups excluding tert-OH is 1. The Balaban J connectivity index is 2.50. The van der Waals surface area contributed by atoms with Crippen LogP contribution in [0.25, 0.3) is 0 Å². The number of unbranched alkanes of at least 4 members (excludes halogenated alkanes) is 1. The Morgan fingerprint density at radius 2 is 2.00 bits per heavy atom. The third kappa shape index (κ3) is 7.71. The summed E-state index contributed by atoms with van der Waals surface area (Å²) in [5.74, 6) is -1.02. The van der Waals surface area contributed by atoms with Gasteiger partial charge in [-0.1, -0.05) is 25.0 Å². The average Bonchev–Trinajstić information content (AvgIpc) is 2.56. The Bertz CT molecular complexity index is 574. The molecule has 0 heterocycles. The smallest absolute Gasteiger partial charge is 0.451 e. The fourth-order valence-electron chi connectivity index (χ4n) is 2.72. The Kier molecular flexibility index (Phi) is 9.04. The van der Waals surface area contributed by atoms with Gasteiger partial charge in [-0.15, -0.1) is 0 Å². The average molecular weight is 368 g/mol. The SMILES string of the molecule is CN(CCC(N)(CCCCB(O)O)C(=O)O)CC(O)c1cccc(O)c1. The number of carboxylic acid groups (broad SMARTS) is 1. The normalized spacial score (nSPS) is 14.8. The first-order valence-corrected chi connectivity index (χ1v) is 8.68. The Morgan fingerprint density at radius 1 is 1.31 bits per heavy atom. The molecule has 1 aromatic rings. The maximum absolute atomic E-state index is 11.5. The number of likely N-dealkylation sites (N-methyl/N-ethyl adjacent to an activating group) is 1. The fraction of sp³-hybridized carbons (Fsp3) is 0.588. The van der Waals surface area contributed by atoms with E-state index in [1.807, 2.05) is 0 Å². The Labute approximate surface area is 154 Å². The van der Waals surface area contributed by atoms with E-state index in [2.05, 4.69) is 0 Å². The van der Waals surface area contributed by atoms with Gasteiger partial charge in [0.1, 0.15) is 11.3 Å². The van der Waals surface area contributed by atoms with E-state index in [1.165, 1.54) is 12.1 Å². The van der Waals surface area contributed by atoms with E-state index in [4.69, 9.17) is 15.8 Å². The predicted octanol–water partition coefficient (Wildman–Crippen LogP) is 0.173. The topological polar surface area (TPSA) is 147 Å². The van der Waals surface area contributed by atoms with Crippen LogP contribution in [-0.2, 0) is 4.79 Å². The summed E-state index contributed by atoms with van der Waals surface area (Å²) in [4.78, 5) is 13.3. The van der Waals surface area contributed by atoms with Crippen LogP contribution in [0.1, 0.15) is 37.4 Å². The summed E-state index contributed by atoms with van der Waals surface area (Å²) in [5, 5.41) is 46.8. The van der Waals surface area contributed by atoms with Gasteiger partial charge in [0.15, 0.2) is 0 Å². The number of rotatable bonds is 12. The molecule has 7 N–H and O–H groups in total. The molecule has 0 spiro atoms.